The molecule has 1 rings (SSSR count). The highest BCUT2D eigenvalue weighted by atomic mass is 19.4. The molecule has 0 aliphatic heterocycles. The summed E-state index contributed by atoms with van der Waals surface area (Å²) in [6, 6.07) is 2.78. The van der Waals surface area contributed by atoms with Crippen LogP contribution < -0.4 is 10.9 Å². The summed E-state index contributed by atoms with van der Waals surface area (Å²) >= 11 is 0. The summed E-state index contributed by atoms with van der Waals surface area (Å²) in [5, 5.41) is 2.99. The van der Waals surface area contributed by atoms with Crippen molar-refractivity contribution < 1.29 is 17.9 Å². The lowest BCUT2D eigenvalue weighted by molar-refractivity contribution is -0.144. The molecule has 0 radical (unpaired) electrons. The minimum atomic E-state index is -4.55. The van der Waals surface area contributed by atoms with Crippen LogP contribution in [0.1, 0.15) is 12.6 Å². The van der Waals surface area contributed by atoms with Crippen molar-refractivity contribution in [2.45, 2.75) is 25.7 Å². The molecule has 0 bridgehead atoms. The molecule has 1 atom stereocenters. The second kappa shape index (κ2) is 6.72. The summed E-state index contributed by atoms with van der Waals surface area (Å²) in [4.78, 5) is 11.6. The van der Waals surface area contributed by atoms with E-state index in [-0.39, 0.29) is 19.2 Å². The fourth-order valence-corrected chi connectivity index (χ4v) is 1.84. The van der Waals surface area contributed by atoms with E-state index in [0.717, 1.165) is 22.8 Å². The van der Waals surface area contributed by atoms with Crippen LogP contribution in [0.2, 0.25) is 0 Å². The van der Waals surface area contributed by atoms with E-state index >= 15 is 0 Å². The van der Waals surface area contributed by atoms with Crippen molar-refractivity contribution in [3.05, 3.63) is 34.2 Å². The second-order valence-electron chi connectivity index (χ2n) is 4.07. The van der Waals surface area contributed by atoms with E-state index in [1.54, 1.807) is 0 Å². The monoisotopic (exact) mass is 278 g/mol. The molecule has 1 N–H and O–H groups in total. The van der Waals surface area contributed by atoms with Gasteiger partial charge in [0.1, 0.15) is 5.69 Å². The first kappa shape index (κ1) is 15.7. The number of halogens is 3. The SMILES string of the molecule is CCNC(COC)Cn1c(C(F)(F)F)cccc1=O. The maximum absolute atomic E-state index is 12.8. The summed E-state index contributed by atoms with van der Waals surface area (Å²) in [5.41, 5.74) is -1.62. The maximum Gasteiger partial charge on any atom is 0.431 e. The zero-order valence-electron chi connectivity index (χ0n) is 10.8. The molecule has 4 nitrogen and oxygen atoms in total. The van der Waals surface area contributed by atoms with Crippen molar-refractivity contribution in [2.24, 2.45) is 0 Å². The van der Waals surface area contributed by atoms with E-state index in [4.69, 9.17) is 4.74 Å². The summed E-state index contributed by atoms with van der Waals surface area (Å²) in [6.45, 7) is 2.56. The number of ether oxygens (including phenoxy) is 1. The van der Waals surface area contributed by atoms with Gasteiger partial charge in [0, 0.05) is 25.8 Å². The first-order valence-corrected chi connectivity index (χ1v) is 5.89. The third-order valence-corrected chi connectivity index (χ3v) is 2.60. The normalized spacial score (nSPS) is 13.5. The van der Waals surface area contributed by atoms with Gasteiger partial charge < -0.3 is 14.6 Å². The largest absolute Gasteiger partial charge is 0.431 e. The lowest BCUT2D eigenvalue weighted by atomic mass is 10.2. The van der Waals surface area contributed by atoms with Crippen LogP contribution >= 0.6 is 0 Å². The number of rotatable bonds is 6. The second-order valence-corrected chi connectivity index (χ2v) is 4.07. The van der Waals surface area contributed by atoms with Crippen LogP contribution in [0.25, 0.3) is 0 Å². The van der Waals surface area contributed by atoms with Crippen LogP contribution in [0.5, 0.6) is 0 Å². The summed E-state index contributed by atoms with van der Waals surface area (Å²) in [7, 11) is 1.46. The molecule has 7 heteroatoms. The third kappa shape index (κ3) is 4.36. The number of hydrogen-bond acceptors (Lipinski definition) is 3. The Kier molecular flexibility index (Phi) is 5.56. The molecule has 0 fully saturated rings. The van der Waals surface area contributed by atoms with Crippen molar-refractivity contribution in [3.63, 3.8) is 0 Å². The molecule has 0 aliphatic carbocycles. The fourth-order valence-electron chi connectivity index (χ4n) is 1.84. The van der Waals surface area contributed by atoms with Gasteiger partial charge in [0.25, 0.3) is 5.56 Å². The smallest absolute Gasteiger partial charge is 0.383 e. The molecule has 0 spiro atoms. The highest BCUT2D eigenvalue weighted by molar-refractivity contribution is 5.10. The van der Waals surface area contributed by atoms with Gasteiger partial charge >= 0.3 is 6.18 Å². The average molecular weight is 278 g/mol. The maximum atomic E-state index is 12.8. The predicted molar refractivity (Wildman–Crippen MR) is 65.0 cm³/mol. The zero-order chi connectivity index (χ0) is 14.5. The van der Waals surface area contributed by atoms with Gasteiger partial charge in [0.15, 0.2) is 0 Å². The summed E-state index contributed by atoms with van der Waals surface area (Å²) in [5.74, 6) is 0. The average Bonchev–Trinajstić information content (AvgIpc) is 2.31. The van der Waals surface area contributed by atoms with Crippen LogP contribution in [0, 0.1) is 0 Å². The van der Waals surface area contributed by atoms with Gasteiger partial charge in [-0.25, -0.2) is 0 Å². The molecule has 0 saturated heterocycles. The van der Waals surface area contributed by atoms with E-state index in [1.807, 2.05) is 6.92 Å². The van der Waals surface area contributed by atoms with Crippen LogP contribution in [0.3, 0.4) is 0 Å². The third-order valence-electron chi connectivity index (χ3n) is 2.60. The number of methoxy groups -OCH3 is 1. The highest BCUT2D eigenvalue weighted by Gasteiger charge is 2.34. The minimum absolute atomic E-state index is 0.0871. The van der Waals surface area contributed by atoms with Gasteiger partial charge in [0.05, 0.1) is 6.61 Å². The number of nitrogens with zero attached hydrogens (tertiary/aromatic N) is 1. The molecule has 0 saturated carbocycles. The Morgan fingerprint density at radius 1 is 1.42 bits per heavy atom. The quantitative estimate of drug-likeness (QED) is 0.857. The standard InChI is InChI=1S/C12H17F3N2O2/c1-3-16-9(8-19-2)7-17-10(12(13,14)15)5-4-6-11(17)18/h4-6,9,16H,3,7-8H2,1-2H3. The first-order chi connectivity index (χ1) is 8.90. The molecule has 1 heterocycles. The Morgan fingerprint density at radius 3 is 2.63 bits per heavy atom. The first-order valence-electron chi connectivity index (χ1n) is 5.89. The Morgan fingerprint density at radius 2 is 2.11 bits per heavy atom. The van der Waals surface area contributed by atoms with Gasteiger partial charge in [-0.15, -0.1) is 0 Å². The van der Waals surface area contributed by atoms with Crippen LogP contribution in [0.4, 0.5) is 13.2 Å². The lowest BCUT2D eigenvalue weighted by Crippen LogP contribution is -2.41. The Bertz CT molecular complexity index is 451. The van der Waals surface area contributed by atoms with E-state index in [0.29, 0.717) is 6.54 Å². The molecule has 19 heavy (non-hydrogen) atoms. The van der Waals surface area contributed by atoms with Gasteiger partial charge in [-0.1, -0.05) is 13.0 Å². The van der Waals surface area contributed by atoms with Crippen molar-refractivity contribution in [3.8, 4) is 0 Å². The molecule has 1 aromatic heterocycles. The van der Waals surface area contributed by atoms with E-state index in [1.165, 1.54) is 7.11 Å². The van der Waals surface area contributed by atoms with E-state index < -0.39 is 17.4 Å². The van der Waals surface area contributed by atoms with Crippen LogP contribution in [-0.4, -0.2) is 30.9 Å². The molecule has 0 aliphatic rings. The summed E-state index contributed by atoms with van der Waals surface area (Å²) in [6.07, 6.45) is -4.55. The van der Waals surface area contributed by atoms with Crippen LogP contribution in [0.15, 0.2) is 23.0 Å². The molecule has 0 aromatic carbocycles. The number of aromatic nitrogens is 1. The molecule has 1 aromatic rings. The molecule has 0 amide bonds. The minimum Gasteiger partial charge on any atom is -0.383 e. The van der Waals surface area contributed by atoms with Gasteiger partial charge in [0.2, 0.25) is 0 Å². The van der Waals surface area contributed by atoms with Gasteiger partial charge in [-0.2, -0.15) is 13.2 Å². The fraction of sp³-hybridized carbons (Fsp3) is 0.583. The van der Waals surface area contributed by atoms with Crippen molar-refractivity contribution in [1.82, 2.24) is 9.88 Å². The number of nitrogens with one attached hydrogen (secondary N) is 1. The van der Waals surface area contributed by atoms with Crippen molar-refractivity contribution in [2.75, 3.05) is 20.3 Å². The molecular formula is C12H17F3N2O2. The summed E-state index contributed by atoms with van der Waals surface area (Å²) < 4.78 is 44.2. The topological polar surface area (TPSA) is 43.3 Å². The number of hydrogen-bond donors (Lipinski definition) is 1. The Labute approximate surface area is 109 Å². The predicted octanol–water partition coefficient (Wildman–Crippen LogP) is 1.49. The van der Waals surface area contributed by atoms with Crippen LogP contribution in [-0.2, 0) is 17.5 Å². The highest BCUT2D eigenvalue weighted by Crippen LogP contribution is 2.28. The van der Waals surface area contributed by atoms with Crippen molar-refractivity contribution in [1.29, 1.82) is 0 Å². The van der Waals surface area contributed by atoms with Crippen molar-refractivity contribution >= 4 is 0 Å². The Hall–Kier alpha value is -1.34. The number of likely N-dealkylation sites (N-methyl/N-ethyl adjacent to an activating group) is 1. The van der Waals surface area contributed by atoms with E-state index in [2.05, 4.69) is 5.32 Å². The van der Waals surface area contributed by atoms with Gasteiger partial charge in [-0.05, 0) is 12.6 Å². The molecule has 108 valence electrons. The van der Waals surface area contributed by atoms with Gasteiger partial charge in [-0.3, -0.25) is 4.79 Å². The zero-order valence-corrected chi connectivity index (χ0v) is 10.8. The lowest BCUT2D eigenvalue weighted by Gasteiger charge is -2.21. The Balaban J connectivity index is 3.08. The van der Waals surface area contributed by atoms with E-state index in [9.17, 15) is 18.0 Å². The number of pyridine rings is 1. The number of alkyl halides is 3. The molecule has 1 unspecified atom stereocenters. The molecular weight excluding hydrogens is 261 g/mol.